The third-order valence-electron chi connectivity index (χ3n) is 9.31. The summed E-state index contributed by atoms with van der Waals surface area (Å²) in [5, 5.41) is 2.64. The zero-order chi connectivity index (χ0) is 30.5. The summed E-state index contributed by atoms with van der Waals surface area (Å²) in [6, 6.07) is 61.1. The lowest BCUT2D eigenvalue weighted by Crippen LogP contribution is -1.93. The summed E-state index contributed by atoms with van der Waals surface area (Å²) in [4.78, 5) is 5.07. The molecule has 1 nitrogen and oxygen atoms in total. The Labute approximate surface area is 269 Å². The fourth-order valence-corrected chi connectivity index (χ4v) is 7.18. The highest BCUT2D eigenvalue weighted by atomic mass is 14.7. The van der Waals surface area contributed by atoms with E-state index in [1.807, 2.05) is 6.20 Å². The van der Waals surface area contributed by atoms with Crippen LogP contribution in [0.3, 0.4) is 0 Å². The lowest BCUT2D eigenvalue weighted by molar-refractivity contribution is 1.32. The second kappa shape index (κ2) is 10.8. The molecule has 7 aromatic carbocycles. The second-order valence-corrected chi connectivity index (χ2v) is 11.9. The van der Waals surface area contributed by atoms with Crippen LogP contribution in [-0.2, 0) is 0 Å². The fourth-order valence-electron chi connectivity index (χ4n) is 7.18. The van der Waals surface area contributed by atoms with E-state index in [4.69, 9.17) is 4.98 Å². The summed E-state index contributed by atoms with van der Waals surface area (Å²) < 4.78 is 0. The zero-order valence-corrected chi connectivity index (χ0v) is 25.2. The third kappa shape index (κ3) is 4.29. The van der Waals surface area contributed by atoms with Crippen LogP contribution in [0.5, 0.6) is 0 Å². The van der Waals surface area contributed by atoms with Crippen LogP contribution in [0.15, 0.2) is 176 Å². The minimum atomic E-state index is 0.961. The minimum Gasteiger partial charge on any atom is -0.256 e. The normalized spacial score (nSPS) is 11.5. The lowest BCUT2D eigenvalue weighted by Gasteiger charge is -2.15. The molecule has 1 aromatic heterocycles. The molecule has 0 unspecified atom stereocenters. The van der Waals surface area contributed by atoms with Crippen LogP contribution >= 0.6 is 0 Å². The monoisotopic (exact) mass is 583 g/mol. The average Bonchev–Trinajstić information content (AvgIpc) is 3.47. The molecule has 214 valence electrons. The first-order chi connectivity index (χ1) is 22.8. The Hall–Kier alpha value is -6.05. The summed E-state index contributed by atoms with van der Waals surface area (Å²) in [5.41, 5.74) is 16.8. The van der Waals surface area contributed by atoms with Crippen LogP contribution in [-0.4, -0.2) is 4.98 Å². The van der Waals surface area contributed by atoms with Crippen molar-refractivity contribution in [1.29, 1.82) is 0 Å². The summed E-state index contributed by atoms with van der Waals surface area (Å²) >= 11 is 0. The van der Waals surface area contributed by atoms with Crippen molar-refractivity contribution in [1.82, 2.24) is 4.98 Å². The van der Waals surface area contributed by atoms with E-state index in [1.165, 1.54) is 66.4 Å². The van der Waals surface area contributed by atoms with Gasteiger partial charge in [-0.2, -0.15) is 0 Å². The predicted octanol–water partition coefficient (Wildman–Crippen LogP) is 12.2. The number of rotatable bonds is 5. The Bertz CT molecular complexity index is 2370. The Morgan fingerprint density at radius 3 is 1.50 bits per heavy atom. The molecule has 9 rings (SSSR count). The number of hydrogen-bond acceptors (Lipinski definition) is 1. The number of hydrogen-bond donors (Lipinski definition) is 0. The van der Waals surface area contributed by atoms with Gasteiger partial charge in [-0.3, -0.25) is 4.98 Å². The van der Waals surface area contributed by atoms with E-state index >= 15 is 0 Å². The summed E-state index contributed by atoms with van der Waals surface area (Å²) in [6.07, 6.45) is 2.03. The maximum atomic E-state index is 5.07. The Morgan fingerprint density at radius 1 is 0.283 bits per heavy atom. The van der Waals surface area contributed by atoms with E-state index in [0.717, 1.165) is 22.4 Å². The third-order valence-corrected chi connectivity index (χ3v) is 9.31. The van der Waals surface area contributed by atoms with Gasteiger partial charge in [-0.25, -0.2) is 0 Å². The minimum absolute atomic E-state index is 0.961. The molecule has 0 fully saturated rings. The van der Waals surface area contributed by atoms with Crippen LogP contribution < -0.4 is 0 Å². The van der Waals surface area contributed by atoms with Gasteiger partial charge in [0.15, 0.2) is 0 Å². The molecule has 1 heteroatoms. The van der Waals surface area contributed by atoms with E-state index < -0.39 is 0 Å². The molecule has 0 saturated heterocycles. The summed E-state index contributed by atoms with van der Waals surface area (Å²) in [6.45, 7) is 0. The number of aromatic nitrogens is 1. The first kappa shape index (κ1) is 26.4. The Balaban J connectivity index is 1.17. The molecular weight excluding hydrogens is 555 g/mol. The highest BCUT2D eigenvalue weighted by Crippen LogP contribution is 2.49. The quantitative estimate of drug-likeness (QED) is 0.196. The van der Waals surface area contributed by atoms with Crippen molar-refractivity contribution in [3.63, 3.8) is 0 Å². The lowest BCUT2D eigenvalue weighted by atomic mass is 9.90. The molecule has 1 aliphatic rings. The zero-order valence-electron chi connectivity index (χ0n) is 25.2. The van der Waals surface area contributed by atoms with Crippen LogP contribution in [0.4, 0.5) is 0 Å². The molecule has 0 radical (unpaired) electrons. The SMILES string of the molecule is c1ccc(-c2cnc(-c3ccccc3-c3cccc(-c4ccc5c6c(cccc46)-c4ccccc4-5)c3)cc2-c2ccccc2)cc1. The van der Waals surface area contributed by atoms with Gasteiger partial charge < -0.3 is 0 Å². The van der Waals surface area contributed by atoms with E-state index in [-0.39, 0.29) is 0 Å². The molecule has 46 heavy (non-hydrogen) atoms. The maximum Gasteiger partial charge on any atom is 0.0714 e. The van der Waals surface area contributed by atoms with Crippen molar-refractivity contribution in [3.05, 3.63) is 176 Å². The van der Waals surface area contributed by atoms with Crippen molar-refractivity contribution in [2.75, 3.05) is 0 Å². The fraction of sp³-hybridized carbons (Fsp3) is 0. The highest BCUT2D eigenvalue weighted by Gasteiger charge is 2.22. The highest BCUT2D eigenvalue weighted by molar-refractivity contribution is 6.18. The van der Waals surface area contributed by atoms with E-state index in [9.17, 15) is 0 Å². The second-order valence-electron chi connectivity index (χ2n) is 11.9. The van der Waals surface area contributed by atoms with Gasteiger partial charge in [0.1, 0.15) is 0 Å². The van der Waals surface area contributed by atoms with Gasteiger partial charge in [0.05, 0.1) is 5.69 Å². The first-order valence-electron chi connectivity index (χ1n) is 15.8. The van der Waals surface area contributed by atoms with Gasteiger partial charge in [-0.15, -0.1) is 0 Å². The molecule has 0 atom stereocenters. The van der Waals surface area contributed by atoms with Crippen molar-refractivity contribution in [2.24, 2.45) is 0 Å². The van der Waals surface area contributed by atoms with Crippen molar-refractivity contribution < 1.29 is 0 Å². The predicted molar refractivity (Wildman–Crippen MR) is 193 cm³/mol. The molecule has 0 N–H and O–H groups in total. The summed E-state index contributed by atoms with van der Waals surface area (Å²) in [7, 11) is 0. The molecule has 8 aromatic rings. The van der Waals surface area contributed by atoms with Gasteiger partial charge in [0.25, 0.3) is 0 Å². The first-order valence-corrected chi connectivity index (χ1v) is 15.8. The van der Waals surface area contributed by atoms with Gasteiger partial charge in [-0.1, -0.05) is 158 Å². The van der Waals surface area contributed by atoms with Crippen molar-refractivity contribution in [2.45, 2.75) is 0 Å². The molecular formula is C45H29N. The van der Waals surface area contributed by atoms with Gasteiger partial charge in [0.2, 0.25) is 0 Å². The summed E-state index contributed by atoms with van der Waals surface area (Å²) in [5.74, 6) is 0. The molecule has 0 saturated carbocycles. The average molecular weight is 584 g/mol. The topological polar surface area (TPSA) is 12.9 Å². The smallest absolute Gasteiger partial charge is 0.0714 e. The van der Waals surface area contributed by atoms with Crippen molar-refractivity contribution >= 4 is 10.8 Å². The van der Waals surface area contributed by atoms with E-state index in [0.29, 0.717) is 0 Å². The van der Waals surface area contributed by atoms with Crippen molar-refractivity contribution in [3.8, 4) is 78.0 Å². The van der Waals surface area contributed by atoms with E-state index in [1.54, 1.807) is 0 Å². The molecule has 0 amide bonds. The van der Waals surface area contributed by atoms with Gasteiger partial charge in [-0.05, 0) is 84.1 Å². The number of benzene rings is 7. The van der Waals surface area contributed by atoms with Gasteiger partial charge in [0, 0.05) is 17.3 Å². The molecule has 1 aliphatic carbocycles. The van der Waals surface area contributed by atoms with Crippen LogP contribution in [0.25, 0.3) is 88.8 Å². The Kier molecular flexibility index (Phi) is 6.21. The number of fused-ring (bicyclic) bond motifs is 3. The van der Waals surface area contributed by atoms with E-state index in [2.05, 4.69) is 170 Å². The molecule has 0 bridgehead atoms. The van der Waals surface area contributed by atoms with Crippen LogP contribution in [0.2, 0.25) is 0 Å². The molecule has 1 heterocycles. The molecule has 0 aliphatic heterocycles. The standard InChI is InChI=1S/C45H29N/c1-3-13-30(14-4-1)42-28-44(46-29-43(42)31-15-5-2-6-16-31)38-22-10-7-19-34(38)32-17-11-18-33(27-32)35-25-26-41-37-21-9-8-20-36(37)40-24-12-23-39(35)45(40)41/h1-29H. The largest absolute Gasteiger partial charge is 0.256 e. The maximum absolute atomic E-state index is 5.07. The Morgan fingerprint density at radius 2 is 0.783 bits per heavy atom. The van der Waals surface area contributed by atoms with Crippen LogP contribution in [0, 0.1) is 0 Å². The number of pyridine rings is 1. The number of nitrogens with zero attached hydrogens (tertiary/aromatic N) is 1. The van der Waals surface area contributed by atoms with Gasteiger partial charge >= 0.3 is 0 Å². The van der Waals surface area contributed by atoms with Crippen LogP contribution in [0.1, 0.15) is 0 Å². The molecule has 0 spiro atoms.